The molecule has 2 aliphatic heterocycles. The number of hydrogen-bond acceptors (Lipinski definition) is 8. The number of benzene rings is 2. The van der Waals surface area contributed by atoms with E-state index < -0.39 is 0 Å². The highest BCUT2D eigenvalue weighted by molar-refractivity contribution is 8.06. The van der Waals surface area contributed by atoms with Crippen molar-refractivity contribution in [1.29, 1.82) is 0 Å². The molecule has 0 spiro atoms. The summed E-state index contributed by atoms with van der Waals surface area (Å²) < 4.78 is 8.14. The number of nitrogens with zero attached hydrogens (tertiary/aromatic N) is 4. The number of fused-ring (bicyclic) bond motifs is 2. The maximum absolute atomic E-state index is 12.4. The van der Waals surface area contributed by atoms with Crippen LogP contribution in [0.2, 0.25) is 0 Å². The Kier molecular flexibility index (Phi) is 8.65. The highest BCUT2D eigenvalue weighted by Crippen LogP contribution is 2.42. The van der Waals surface area contributed by atoms with Crippen LogP contribution in [0.1, 0.15) is 25.5 Å². The number of likely N-dealkylation sites (N-methyl/N-ethyl adjacent to an activating group) is 2. The fourth-order valence-corrected chi connectivity index (χ4v) is 6.06. The number of nitrogens with one attached hydrogen (secondary N) is 3. The molecule has 0 aliphatic carbocycles. The van der Waals surface area contributed by atoms with Gasteiger partial charge >= 0.3 is 0 Å². The molecule has 10 heteroatoms. The molecule has 9 nitrogen and oxygen atoms in total. The minimum Gasteiger partial charge on any atom is -0.494 e. The molecule has 0 radical (unpaired) electrons. The molecule has 5 rings (SSSR count). The second-order valence-corrected chi connectivity index (χ2v) is 11.9. The largest absolute Gasteiger partial charge is 0.494 e. The number of para-hydroxylation sites is 1. The molecule has 2 aromatic carbocycles. The molecule has 0 bridgehead atoms. The van der Waals surface area contributed by atoms with Gasteiger partial charge in [0.15, 0.2) is 0 Å². The lowest BCUT2D eigenvalue weighted by Gasteiger charge is -2.27. The van der Waals surface area contributed by atoms with E-state index in [0.717, 1.165) is 34.9 Å². The third-order valence-corrected chi connectivity index (χ3v) is 8.35. The third kappa shape index (κ3) is 5.91. The van der Waals surface area contributed by atoms with E-state index in [4.69, 9.17) is 9.73 Å². The average molecular weight is 586 g/mol. The first-order chi connectivity index (χ1) is 20.2. The second-order valence-electron chi connectivity index (χ2n) is 10.9. The van der Waals surface area contributed by atoms with E-state index in [0.29, 0.717) is 29.1 Å². The van der Waals surface area contributed by atoms with E-state index in [1.165, 1.54) is 17.0 Å². The summed E-state index contributed by atoms with van der Waals surface area (Å²) in [6, 6.07) is 12.5. The molecule has 0 saturated carbocycles. The van der Waals surface area contributed by atoms with Crippen LogP contribution in [0.5, 0.6) is 5.75 Å². The molecule has 1 amide bonds. The monoisotopic (exact) mass is 585 g/mol. The van der Waals surface area contributed by atoms with Crippen molar-refractivity contribution in [2.24, 2.45) is 4.99 Å². The van der Waals surface area contributed by atoms with Crippen LogP contribution < -0.4 is 25.6 Å². The van der Waals surface area contributed by atoms with Gasteiger partial charge in [0.05, 0.1) is 29.9 Å². The van der Waals surface area contributed by atoms with E-state index in [9.17, 15) is 4.79 Å². The number of ether oxygens (including phenoxy) is 1. The van der Waals surface area contributed by atoms with Gasteiger partial charge in [0.2, 0.25) is 11.9 Å². The molecule has 3 heterocycles. The topological polar surface area (TPSA) is 86.2 Å². The summed E-state index contributed by atoms with van der Waals surface area (Å²) in [5.74, 6) is 0.943. The molecule has 42 heavy (non-hydrogen) atoms. The first-order valence-electron chi connectivity index (χ1n) is 14.0. The minimum absolute atomic E-state index is 0.0997. The van der Waals surface area contributed by atoms with E-state index >= 15 is 0 Å². The Balaban J connectivity index is 1.52. The van der Waals surface area contributed by atoms with Gasteiger partial charge in [0.1, 0.15) is 11.8 Å². The van der Waals surface area contributed by atoms with Gasteiger partial charge in [0, 0.05) is 59.8 Å². The first kappa shape index (κ1) is 29.3. The molecule has 3 aromatic rings. The number of carbonyl (C=O) groups excluding carboxylic acids is 1. The van der Waals surface area contributed by atoms with Crippen LogP contribution in [0.3, 0.4) is 0 Å². The van der Waals surface area contributed by atoms with E-state index in [1.54, 1.807) is 18.9 Å². The Morgan fingerprint density at radius 2 is 2.00 bits per heavy atom. The molecular weight excluding hydrogens is 546 g/mol. The minimum atomic E-state index is -0.286. The maximum Gasteiger partial charge on any atom is 0.247 e. The smallest absolute Gasteiger partial charge is 0.247 e. The zero-order valence-electron chi connectivity index (χ0n) is 25.1. The van der Waals surface area contributed by atoms with Gasteiger partial charge in [-0.3, -0.25) is 4.79 Å². The van der Waals surface area contributed by atoms with Crippen LogP contribution in [0.25, 0.3) is 16.6 Å². The van der Waals surface area contributed by atoms with Crippen molar-refractivity contribution in [3.8, 4) is 5.75 Å². The Morgan fingerprint density at radius 1 is 1.21 bits per heavy atom. The Morgan fingerprint density at radius 3 is 2.71 bits per heavy atom. The van der Waals surface area contributed by atoms with Crippen LogP contribution in [-0.4, -0.2) is 68.7 Å². The van der Waals surface area contributed by atoms with Crippen LogP contribution in [0.15, 0.2) is 76.6 Å². The number of aromatic nitrogens is 1. The summed E-state index contributed by atoms with van der Waals surface area (Å²) in [6.07, 6.45) is 5.61. The Bertz CT molecular complexity index is 1600. The maximum atomic E-state index is 12.4. The van der Waals surface area contributed by atoms with Gasteiger partial charge in [-0.2, -0.15) is 0 Å². The van der Waals surface area contributed by atoms with Gasteiger partial charge in [-0.15, -0.1) is 0 Å². The number of aliphatic imine (C=N–C) groups is 1. The quantitative estimate of drug-likeness (QED) is 0.262. The average Bonchev–Trinajstić information content (AvgIpc) is 3.61. The number of hydrogen-bond donors (Lipinski definition) is 3. The van der Waals surface area contributed by atoms with Crippen LogP contribution in [-0.2, 0) is 4.79 Å². The van der Waals surface area contributed by atoms with Crippen molar-refractivity contribution in [2.75, 3.05) is 56.9 Å². The molecule has 220 valence electrons. The van der Waals surface area contributed by atoms with Gasteiger partial charge < -0.3 is 35.1 Å². The molecule has 1 unspecified atom stereocenters. The Hall–Kier alpha value is -4.15. The molecular formula is C32H39N7O2S. The number of amides is 1. The van der Waals surface area contributed by atoms with Gasteiger partial charge in [0.25, 0.3) is 0 Å². The van der Waals surface area contributed by atoms with Crippen molar-refractivity contribution in [1.82, 2.24) is 14.8 Å². The lowest BCUT2D eigenvalue weighted by Crippen LogP contribution is -2.35. The summed E-state index contributed by atoms with van der Waals surface area (Å²) in [6.45, 7) is 9.64. The zero-order valence-corrected chi connectivity index (χ0v) is 25.9. The standard InChI is InChI=1S/C32H39N7O2S/c1-8-29(40)33-24-17-25(28(41-7)18-27(24)38(6)15-14-37(4)5)35-32-34-23-13-16-42-31(23)30(36-32)22-19-39(20(2)3)26-12-10-9-11-21(22)26/h8-13,16-20,23H,1,14-15H2,2-7H3,(H,33,40)(H2,34,35,36). The van der Waals surface area contributed by atoms with E-state index in [-0.39, 0.29) is 11.9 Å². The number of anilines is 3. The van der Waals surface area contributed by atoms with Crippen molar-refractivity contribution in [2.45, 2.75) is 25.9 Å². The molecule has 0 saturated heterocycles. The third-order valence-electron chi connectivity index (χ3n) is 7.36. The van der Waals surface area contributed by atoms with Crippen molar-refractivity contribution in [3.05, 3.63) is 77.2 Å². The number of guanidine groups is 1. The normalized spacial score (nSPS) is 16.0. The lowest BCUT2D eigenvalue weighted by molar-refractivity contribution is -0.111. The van der Waals surface area contributed by atoms with Crippen LogP contribution in [0.4, 0.5) is 17.1 Å². The lowest BCUT2D eigenvalue weighted by atomic mass is 10.1. The predicted molar refractivity (Wildman–Crippen MR) is 178 cm³/mol. The molecule has 0 fully saturated rings. The second kappa shape index (κ2) is 12.4. The summed E-state index contributed by atoms with van der Waals surface area (Å²) in [4.78, 5) is 22.7. The SMILES string of the molecule is C=CC(=O)Nc1cc(NC2=NC3C=CSC3=C(c3cn(C(C)C)c4ccccc34)N2)c(OC)cc1N(C)CCN(C)C. The first-order valence-corrected chi connectivity index (χ1v) is 14.9. The van der Waals surface area contributed by atoms with Crippen LogP contribution >= 0.6 is 11.8 Å². The summed E-state index contributed by atoms with van der Waals surface area (Å²) in [5, 5.41) is 13.3. The Labute approximate surface area is 252 Å². The molecule has 2 aliphatic rings. The predicted octanol–water partition coefficient (Wildman–Crippen LogP) is 5.72. The number of thioether (sulfide) groups is 1. The van der Waals surface area contributed by atoms with E-state index in [2.05, 4.69) is 92.7 Å². The van der Waals surface area contributed by atoms with Gasteiger partial charge in [-0.05, 0) is 57.6 Å². The molecule has 3 N–H and O–H groups in total. The molecule has 1 aromatic heterocycles. The fourth-order valence-electron chi connectivity index (χ4n) is 5.13. The van der Waals surface area contributed by atoms with Gasteiger partial charge in [-0.25, -0.2) is 4.99 Å². The molecule has 1 atom stereocenters. The summed E-state index contributed by atoms with van der Waals surface area (Å²) >= 11 is 1.70. The summed E-state index contributed by atoms with van der Waals surface area (Å²) in [7, 11) is 7.71. The highest BCUT2D eigenvalue weighted by Gasteiger charge is 2.29. The van der Waals surface area contributed by atoms with Crippen molar-refractivity contribution >= 4 is 57.3 Å². The number of carbonyl (C=O) groups is 1. The van der Waals surface area contributed by atoms with Crippen molar-refractivity contribution < 1.29 is 9.53 Å². The number of rotatable bonds is 10. The highest BCUT2D eigenvalue weighted by atomic mass is 32.2. The van der Waals surface area contributed by atoms with Gasteiger partial charge in [-0.1, -0.05) is 36.5 Å². The number of methoxy groups -OCH3 is 1. The summed E-state index contributed by atoms with van der Waals surface area (Å²) in [5.41, 5.74) is 5.52. The van der Waals surface area contributed by atoms with E-state index in [1.807, 2.05) is 33.3 Å². The fraction of sp³-hybridized carbons (Fsp3) is 0.312. The van der Waals surface area contributed by atoms with Crippen LogP contribution in [0, 0.1) is 0 Å². The van der Waals surface area contributed by atoms with Crippen molar-refractivity contribution in [3.63, 3.8) is 0 Å². The zero-order chi connectivity index (χ0) is 30.0.